The van der Waals surface area contributed by atoms with Crippen LogP contribution >= 0.6 is 24.0 Å². The molecular weight excluding hydrogens is 420 g/mol. The summed E-state index contributed by atoms with van der Waals surface area (Å²) in [5.74, 6) is -0.160. The predicted molar refractivity (Wildman–Crippen MR) is 113 cm³/mol. The number of carbonyl (C=O) groups excluding carboxylic acids is 2. The first-order valence-corrected chi connectivity index (χ1v) is 11.7. The van der Waals surface area contributed by atoms with Gasteiger partial charge in [-0.25, -0.2) is 8.42 Å². The zero-order valence-electron chi connectivity index (χ0n) is 15.4. The number of thioether (sulfide) groups is 1. The van der Waals surface area contributed by atoms with Crippen molar-refractivity contribution in [3.8, 4) is 5.75 Å². The summed E-state index contributed by atoms with van der Waals surface area (Å²) < 4.78 is 28.7. The third-order valence-corrected chi connectivity index (χ3v) is 7.69. The smallest absolute Gasteiger partial charge is 0.266 e. The molecule has 2 atom stereocenters. The molecule has 3 rings (SSSR count). The molecule has 0 saturated carbocycles. The van der Waals surface area contributed by atoms with Crippen molar-refractivity contribution in [2.45, 2.75) is 25.4 Å². The van der Waals surface area contributed by atoms with Crippen LogP contribution in [0.3, 0.4) is 0 Å². The number of carbonyl (C=O) groups is 2. The number of nitrogens with one attached hydrogen (secondary N) is 1. The Kier molecular flexibility index (Phi) is 6.11. The van der Waals surface area contributed by atoms with Crippen LogP contribution in [-0.2, 0) is 19.4 Å². The van der Waals surface area contributed by atoms with Crippen LogP contribution in [0.25, 0.3) is 6.08 Å². The summed E-state index contributed by atoms with van der Waals surface area (Å²) in [6.45, 7) is 1.58. The molecule has 0 spiro atoms. The van der Waals surface area contributed by atoms with Gasteiger partial charge in [0, 0.05) is 11.6 Å². The maximum absolute atomic E-state index is 12.8. The molecule has 2 saturated heterocycles. The number of benzene rings is 1. The van der Waals surface area contributed by atoms with Crippen LogP contribution in [0, 0.1) is 0 Å². The second kappa shape index (κ2) is 8.22. The molecule has 150 valence electrons. The summed E-state index contributed by atoms with van der Waals surface area (Å²) in [5, 5.41) is 2.71. The third kappa shape index (κ3) is 4.39. The maximum Gasteiger partial charge on any atom is 0.266 e. The quantitative estimate of drug-likeness (QED) is 0.549. The first-order valence-electron chi connectivity index (χ1n) is 8.62. The van der Waals surface area contributed by atoms with Gasteiger partial charge >= 0.3 is 0 Å². The monoisotopic (exact) mass is 440 g/mol. The van der Waals surface area contributed by atoms with Gasteiger partial charge < -0.3 is 10.1 Å². The Labute approximate surface area is 173 Å². The third-order valence-electron chi connectivity index (χ3n) is 4.59. The lowest BCUT2D eigenvalue weighted by atomic mass is 10.1. The Morgan fingerprint density at radius 1 is 1.43 bits per heavy atom. The summed E-state index contributed by atoms with van der Waals surface area (Å²) in [6.07, 6.45) is 2.07. The normalized spacial score (nSPS) is 23.9. The second-order valence-corrected chi connectivity index (χ2v) is 10.5. The Morgan fingerprint density at radius 2 is 2.14 bits per heavy atom. The van der Waals surface area contributed by atoms with Gasteiger partial charge in [0.05, 0.1) is 23.5 Å². The van der Waals surface area contributed by atoms with Crippen LogP contribution < -0.4 is 10.1 Å². The summed E-state index contributed by atoms with van der Waals surface area (Å²) in [5.41, 5.74) is 0.735. The number of para-hydroxylation sites is 1. The van der Waals surface area contributed by atoms with Crippen LogP contribution in [0.15, 0.2) is 29.2 Å². The SMILES string of the molecule is COc1ccccc1C=C1SC(=S)N(C(C)C(=O)NC2CCS(=O)(=O)C2)C1=O. The number of hydrogen-bond donors (Lipinski definition) is 1. The van der Waals surface area contributed by atoms with Crippen molar-refractivity contribution >= 4 is 56.0 Å². The standard InChI is InChI=1S/C18H20N2O5S3/c1-11(16(21)19-13-7-8-28(23,24)10-13)20-17(22)15(27-18(20)26)9-12-5-3-4-6-14(12)25-2/h3-6,9,11,13H,7-8,10H2,1-2H3,(H,19,21). The van der Waals surface area contributed by atoms with Gasteiger partial charge in [-0.1, -0.05) is 42.2 Å². The fourth-order valence-corrected chi connectivity index (χ4v) is 6.17. The van der Waals surface area contributed by atoms with Crippen molar-refractivity contribution in [2.75, 3.05) is 18.6 Å². The second-order valence-electron chi connectivity index (χ2n) is 6.58. The fraction of sp³-hybridized carbons (Fsp3) is 0.389. The molecule has 2 unspecified atom stereocenters. The minimum absolute atomic E-state index is 0.0645. The molecule has 10 heteroatoms. The molecule has 2 aliphatic rings. The number of hydrogen-bond acceptors (Lipinski definition) is 7. The molecule has 2 fully saturated rings. The number of thiocarbonyl (C=S) groups is 1. The van der Waals surface area contributed by atoms with Gasteiger partial charge in [0.1, 0.15) is 16.1 Å². The van der Waals surface area contributed by atoms with E-state index in [2.05, 4.69) is 5.32 Å². The van der Waals surface area contributed by atoms with Crippen LogP contribution in [0.5, 0.6) is 5.75 Å². The number of nitrogens with zero attached hydrogens (tertiary/aromatic N) is 1. The van der Waals surface area contributed by atoms with Crippen LogP contribution in [0.2, 0.25) is 0 Å². The molecule has 0 bridgehead atoms. The lowest BCUT2D eigenvalue weighted by Gasteiger charge is -2.23. The first kappa shape index (κ1) is 20.8. The Balaban J connectivity index is 1.74. The molecule has 1 aromatic rings. The highest BCUT2D eigenvalue weighted by Crippen LogP contribution is 2.35. The summed E-state index contributed by atoms with van der Waals surface area (Å²) in [4.78, 5) is 27.0. The van der Waals surface area contributed by atoms with Crippen molar-refractivity contribution in [3.05, 3.63) is 34.7 Å². The van der Waals surface area contributed by atoms with E-state index >= 15 is 0 Å². The van der Waals surface area contributed by atoms with Gasteiger partial charge in [-0.15, -0.1) is 0 Å². The van der Waals surface area contributed by atoms with E-state index in [-0.39, 0.29) is 21.7 Å². The minimum atomic E-state index is -3.10. The highest BCUT2D eigenvalue weighted by atomic mass is 32.2. The summed E-state index contributed by atoms with van der Waals surface area (Å²) >= 11 is 6.43. The first-order chi connectivity index (χ1) is 13.2. The molecule has 7 nitrogen and oxygen atoms in total. The molecule has 2 amide bonds. The summed E-state index contributed by atoms with van der Waals surface area (Å²) in [6, 6.07) is 6.01. The highest BCUT2D eigenvalue weighted by molar-refractivity contribution is 8.26. The predicted octanol–water partition coefficient (Wildman–Crippen LogP) is 1.59. The van der Waals surface area contributed by atoms with Crippen LogP contribution in [-0.4, -0.2) is 60.2 Å². The molecule has 2 heterocycles. The van der Waals surface area contributed by atoms with Crippen molar-refractivity contribution in [3.63, 3.8) is 0 Å². The van der Waals surface area contributed by atoms with Gasteiger partial charge in [0.15, 0.2) is 9.84 Å². The van der Waals surface area contributed by atoms with Crippen molar-refractivity contribution < 1.29 is 22.7 Å². The van der Waals surface area contributed by atoms with E-state index in [1.165, 1.54) is 4.90 Å². The van der Waals surface area contributed by atoms with Gasteiger partial charge in [0.25, 0.3) is 5.91 Å². The zero-order valence-corrected chi connectivity index (χ0v) is 17.8. The number of amides is 2. The van der Waals surface area contributed by atoms with Gasteiger partial charge in [-0.3, -0.25) is 14.5 Å². The average Bonchev–Trinajstić information content (AvgIpc) is 3.13. The summed E-state index contributed by atoms with van der Waals surface area (Å²) in [7, 11) is -1.55. The molecule has 1 aromatic carbocycles. The molecule has 2 aliphatic heterocycles. The minimum Gasteiger partial charge on any atom is -0.496 e. The average molecular weight is 441 g/mol. The van der Waals surface area contributed by atoms with E-state index in [0.29, 0.717) is 17.1 Å². The largest absolute Gasteiger partial charge is 0.496 e. The number of ether oxygens (including phenoxy) is 1. The lowest BCUT2D eigenvalue weighted by molar-refractivity contribution is -0.132. The molecule has 0 aliphatic carbocycles. The van der Waals surface area contributed by atoms with Crippen LogP contribution in [0.4, 0.5) is 0 Å². The lowest BCUT2D eigenvalue weighted by Crippen LogP contribution is -2.50. The van der Waals surface area contributed by atoms with E-state index in [0.717, 1.165) is 17.3 Å². The van der Waals surface area contributed by atoms with Crippen molar-refractivity contribution in [1.82, 2.24) is 10.2 Å². The van der Waals surface area contributed by atoms with Crippen molar-refractivity contribution in [1.29, 1.82) is 0 Å². The molecule has 0 aromatic heterocycles. The van der Waals surface area contributed by atoms with E-state index in [1.54, 1.807) is 26.2 Å². The number of methoxy groups -OCH3 is 1. The van der Waals surface area contributed by atoms with E-state index in [4.69, 9.17) is 17.0 Å². The van der Waals surface area contributed by atoms with Gasteiger partial charge in [-0.05, 0) is 25.5 Å². The highest BCUT2D eigenvalue weighted by Gasteiger charge is 2.39. The topological polar surface area (TPSA) is 92.8 Å². The Morgan fingerprint density at radius 3 is 2.79 bits per heavy atom. The maximum atomic E-state index is 12.8. The molecule has 28 heavy (non-hydrogen) atoms. The van der Waals surface area contributed by atoms with Gasteiger partial charge in [0.2, 0.25) is 5.91 Å². The molecular formula is C18H20N2O5S3. The van der Waals surface area contributed by atoms with E-state index < -0.39 is 27.8 Å². The fourth-order valence-electron chi connectivity index (χ4n) is 3.09. The molecule has 0 radical (unpaired) electrons. The van der Waals surface area contributed by atoms with E-state index in [1.807, 2.05) is 18.2 Å². The zero-order chi connectivity index (χ0) is 20.5. The van der Waals surface area contributed by atoms with Crippen molar-refractivity contribution in [2.24, 2.45) is 0 Å². The number of sulfone groups is 1. The van der Waals surface area contributed by atoms with Crippen LogP contribution in [0.1, 0.15) is 18.9 Å². The van der Waals surface area contributed by atoms with Gasteiger partial charge in [-0.2, -0.15) is 0 Å². The Hall–Kier alpha value is -1.91. The molecule has 1 N–H and O–H groups in total. The van der Waals surface area contributed by atoms with E-state index in [9.17, 15) is 18.0 Å². The Bertz CT molecular complexity index is 958. The number of rotatable bonds is 5.